The van der Waals surface area contributed by atoms with Crippen LogP contribution in [-0.2, 0) is 11.2 Å². The summed E-state index contributed by atoms with van der Waals surface area (Å²) in [5.74, 6) is 1.99. The lowest BCUT2D eigenvalue weighted by atomic mass is 10.0. The van der Waals surface area contributed by atoms with Crippen LogP contribution < -0.4 is 4.74 Å². The van der Waals surface area contributed by atoms with Crippen LogP contribution in [0.2, 0.25) is 0 Å². The standard InChI is InChI=1S/C24H25N3O4/c1-14(2)30-20-9-4-3-6-18(20)24-25-23(26-31-24)17-8-5-7-16-19(17)12-15-13-21(29)27(10-11-28)22(15)16/h3-9,14-15,22,28H,10-13H2,1-2H3. The van der Waals surface area contributed by atoms with Crippen molar-refractivity contribution < 1.29 is 19.2 Å². The van der Waals surface area contributed by atoms with Crippen LogP contribution in [0.5, 0.6) is 5.75 Å². The Hall–Kier alpha value is -3.19. The van der Waals surface area contributed by atoms with E-state index in [0.29, 0.717) is 30.4 Å². The van der Waals surface area contributed by atoms with Gasteiger partial charge in [-0.25, -0.2) is 0 Å². The van der Waals surface area contributed by atoms with E-state index in [-0.39, 0.29) is 30.6 Å². The molecule has 0 spiro atoms. The first-order chi connectivity index (χ1) is 15.1. The van der Waals surface area contributed by atoms with E-state index in [0.717, 1.165) is 28.7 Å². The monoisotopic (exact) mass is 419 g/mol. The van der Waals surface area contributed by atoms with Gasteiger partial charge in [0.05, 0.1) is 24.3 Å². The Balaban J connectivity index is 1.51. The highest BCUT2D eigenvalue weighted by Gasteiger charge is 2.46. The summed E-state index contributed by atoms with van der Waals surface area (Å²) in [6, 6.07) is 13.7. The van der Waals surface area contributed by atoms with Crippen LogP contribution in [0.15, 0.2) is 47.0 Å². The summed E-state index contributed by atoms with van der Waals surface area (Å²) in [6.07, 6.45) is 1.33. The van der Waals surface area contributed by atoms with Crippen molar-refractivity contribution in [2.75, 3.05) is 13.2 Å². The molecule has 2 unspecified atom stereocenters. The molecule has 1 amide bonds. The van der Waals surface area contributed by atoms with Gasteiger partial charge in [-0.2, -0.15) is 4.98 Å². The summed E-state index contributed by atoms with van der Waals surface area (Å²) in [4.78, 5) is 18.9. The van der Waals surface area contributed by atoms with E-state index >= 15 is 0 Å². The van der Waals surface area contributed by atoms with E-state index in [2.05, 4.69) is 16.2 Å². The van der Waals surface area contributed by atoms with E-state index in [1.165, 1.54) is 0 Å². The zero-order chi connectivity index (χ0) is 21.5. The Morgan fingerprint density at radius 2 is 1.97 bits per heavy atom. The van der Waals surface area contributed by atoms with Crippen LogP contribution >= 0.6 is 0 Å². The van der Waals surface area contributed by atoms with E-state index in [4.69, 9.17) is 9.26 Å². The van der Waals surface area contributed by atoms with Gasteiger partial charge in [0.1, 0.15) is 5.75 Å². The summed E-state index contributed by atoms with van der Waals surface area (Å²) in [7, 11) is 0. The van der Waals surface area contributed by atoms with Gasteiger partial charge in [-0.15, -0.1) is 0 Å². The number of carbonyl (C=O) groups excluding carboxylic acids is 1. The quantitative estimate of drug-likeness (QED) is 0.656. The molecule has 0 radical (unpaired) electrons. The predicted molar refractivity (Wildman–Crippen MR) is 114 cm³/mol. The molecule has 2 atom stereocenters. The first-order valence-corrected chi connectivity index (χ1v) is 10.7. The number of β-amino-alcohol motifs (C(OH)–C–C–N with tert-alkyl or cyclic N) is 1. The molecule has 160 valence electrons. The van der Waals surface area contributed by atoms with Crippen molar-refractivity contribution in [2.24, 2.45) is 5.92 Å². The van der Waals surface area contributed by atoms with Gasteiger partial charge in [-0.05, 0) is 49.4 Å². The predicted octanol–water partition coefficient (Wildman–Crippen LogP) is 3.63. The summed E-state index contributed by atoms with van der Waals surface area (Å²) >= 11 is 0. The molecule has 1 aliphatic carbocycles. The Bertz CT molecular complexity index is 1120. The average molecular weight is 419 g/mol. The largest absolute Gasteiger partial charge is 0.490 e. The molecule has 2 heterocycles. The minimum absolute atomic E-state index is 0.0149. The number of rotatable bonds is 6. The molecule has 2 aromatic carbocycles. The molecular weight excluding hydrogens is 394 g/mol. The third kappa shape index (κ3) is 3.39. The number of aromatic nitrogens is 2. The number of para-hydroxylation sites is 1. The van der Waals surface area contributed by atoms with E-state index in [9.17, 15) is 9.90 Å². The summed E-state index contributed by atoms with van der Waals surface area (Å²) < 4.78 is 11.5. The van der Waals surface area contributed by atoms with Gasteiger partial charge in [0.2, 0.25) is 11.7 Å². The molecule has 0 bridgehead atoms. The van der Waals surface area contributed by atoms with E-state index < -0.39 is 0 Å². The number of ether oxygens (including phenoxy) is 1. The number of amides is 1. The molecule has 1 N–H and O–H groups in total. The normalized spacial score (nSPS) is 19.7. The molecule has 1 aromatic heterocycles. The maximum absolute atomic E-state index is 12.4. The third-order valence-electron chi connectivity index (χ3n) is 6.02. The Kier molecular flexibility index (Phi) is 4.98. The van der Waals surface area contributed by atoms with Crippen LogP contribution in [0.1, 0.15) is 37.4 Å². The lowest BCUT2D eigenvalue weighted by Crippen LogP contribution is -2.30. The molecule has 31 heavy (non-hydrogen) atoms. The van der Waals surface area contributed by atoms with Crippen molar-refractivity contribution in [3.8, 4) is 28.6 Å². The topological polar surface area (TPSA) is 88.7 Å². The van der Waals surface area contributed by atoms with Gasteiger partial charge in [0, 0.05) is 18.5 Å². The first kappa shape index (κ1) is 19.8. The van der Waals surface area contributed by atoms with E-state index in [1.54, 1.807) is 4.90 Å². The van der Waals surface area contributed by atoms with Crippen molar-refractivity contribution >= 4 is 5.91 Å². The molecule has 7 nitrogen and oxygen atoms in total. The highest BCUT2D eigenvalue weighted by Crippen LogP contribution is 2.49. The Morgan fingerprint density at radius 3 is 2.77 bits per heavy atom. The van der Waals surface area contributed by atoms with Gasteiger partial charge in [-0.3, -0.25) is 4.79 Å². The summed E-state index contributed by atoms with van der Waals surface area (Å²) in [6.45, 7) is 4.29. The van der Waals surface area contributed by atoms with Crippen molar-refractivity contribution in [3.63, 3.8) is 0 Å². The first-order valence-electron chi connectivity index (χ1n) is 10.7. The molecule has 2 aliphatic rings. The fourth-order valence-electron chi connectivity index (χ4n) is 4.86. The third-order valence-corrected chi connectivity index (χ3v) is 6.02. The zero-order valence-corrected chi connectivity index (χ0v) is 17.6. The number of hydrogen-bond acceptors (Lipinski definition) is 6. The fraction of sp³-hybridized carbons (Fsp3) is 0.375. The number of fused-ring (bicyclic) bond motifs is 3. The minimum atomic E-state index is -0.0317. The van der Waals surface area contributed by atoms with Gasteiger partial charge < -0.3 is 19.3 Å². The Labute approximate surface area is 180 Å². The summed E-state index contributed by atoms with van der Waals surface area (Å²) in [5.41, 5.74) is 3.98. The number of benzene rings is 2. The van der Waals surface area contributed by atoms with Crippen LogP contribution in [0.4, 0.5) is 0 Å². The SMILES string of the molecule is CC(C)Oc1ccccc1-c1nc(-c2cccc3c2CC2CC(=O)N(CCO)C32)no1. The number of nitrogens with zero attached hydrogens (tertiary/aromatic N) is 3. The number of aliphatic hydroxyl groups excluding tert-OH is 1. The number of carbonyl (C=O) groups is 1. The zero-order valence-electron chi connectivity index (χ0n) is 17.6. The second-order valence-electron chi connectivity index (χ2n) is 8.38. The van der Waals surface area contributed by atoms with Gasteiger partial charge in [0.25, 0.3) is 5.89 Å². The van der Waals surface area contributed by atoms with Crippen LogP contribution in [0, 0.1) is 5.92 Å². The highest BCUT2D eigenvalue weighted by atomic mass is 16.5. The maximum Gasteiger partial charge on any atom is 0.262 e. The summed E-state index contributed by atoms with van der Waals surface area (Å²) in [5, 5.41) is 13.7. The second kappa shape index (κ2) is 7.81. The molecule has 1 fully saturated rings. The maximum atomic E-state index is 12.4. The van der Waals surface area contributed by atoms with Gasteiger partial charge in [0.15, 0.2) is 0 Å². The van der Waals surface area contributed by atoms with E-state index in [1.807, 2.05) is 50.2 Å². The number of likely N-dealkylation sites (tertiary alicyclic amines) is 1. The fourth-order valence-corrected chi connectivity index (χ4v) is 4.86. The molecular formula is C24H25N3O4. The highest BCUT2D eigenvalue weighted by molar-refractivity contribution is 5.81. The molecule has 0 saturated carbocycles. The Morgan fingerprint density at radius 1 is 1.16 bits per heavy atom. The minimum Gasteiger partial charge on any atom is -0.490 e. The second-order valence-corrected chi connectivity index (χ2v) is 8.38. The van der Waals surface area contributed by atoms with Gasteiger partial charge in [-0.1, -0.05) is 35.5 Å². The number of aliphatic hydroxyl groups is 1. The lowest BCUT2D eigenvalue weighted by Gasteiger charge is -2.24. The number of hydrogen-bond donors (Lipinski definition) is 1. The van der Waals surface area contributed by atoms with Crippen molar-refractivity contribution in [3.05, 3.63) is 53.6 Å². The lowest BCUT2D eigenvalue weighted by molar-refractivity contribution is -0.129. The van der Waals surface area contributed by atoms with Crippen LogP contribution in [0.3, 0.4) is 0 Å². The smallest absolute Gasteiger partial charge is 0.262 e. The molecule has 1 saturated heterocycles. The van der Waals surface area contributed by atoms with Crippen molar-refractivity contribution in [1.82, 2.24) is 15.0 Å². The van der Waals surface area contributed by atoms with Crippen molar-refractivity contribution in [1.29, 1.82) is 0 Å². The van der Waals surface area contributed by atoms with Gasteiger partial charge >= 0.3 is 0 Å². The van der Waals surface area contributed by atoms with Crippen molar-refractivity contribution in [2.45, 2.75) is 38.8 Å². The molecule has 5 rings (SSSR count). The molecule has 3 aromatic rings. The molecule has 7 heteroatoms. The molecule has 1 aliphatic heterocycles. The van der Waals surface area contributed by atoms with Crippen LogP contribution in [0.25, 0.3) is 22.8 Å². The average Bonchev–Trinajstić information content (AvgIpc) is 3.43. The van der Waals surface area contributed by atoms with Crippen LogP contribution in [-0.4, -0.2) is 45.3 Å².